The van der Waals surface area contributed by atoms with Gasteiger partial charge in [-0.05, 0) is 19.1 Å². The Balaban J connectivity index is 3.63. The predicted molar refractivity (Wildman–Crippen MR) is 54.8 cm³/mol. The highest BCUT2D eigenvalue weighted by Gasteiger charge is 2.04. The minimum atomic E-state index is -0.439. The number of carbonyl (C=O) groups excluding carboxylic acids is 2. The van der Waals surface area contributed by atoms with Gasteiger partial charge in [-0.1, -0.05) is 0 Å². The van der Waals surface area contributed by atoms with Gasteiger partial charge < -0.3 is 15.4 Å². The van der Waals surface area contributed by atoms with Crippen LogP contribution in [0, 0.1) is 0 Å². The van der Waals surface area contributed by atoms with Gasteiger partial charge in [-0.25, -0.2) is 4.79 Å². The number of ether oxygens (including phenoxy) is 1. The van der Waals surface area contributed by atoms with Crippen LogP contribution in [0.3, 0.4) is 0 Å². The molecule has 0 aliphatic carbocycles. The Bertz CT molecular complexity index is 232. The normalized spacial score (nSPS) is 8.71. The average Bonchev–Trinajstić information content (AvgIpc) is 2.15. The van der Waals surface area contributed by atoms with E-state index in [1.165, 1.54) is 7.05 Å². The van der Waals surface area contributed by atoms with Crippen LogP contribution >= 0.6 is 12.2 Å². The van der Waals surface area contributed by atoms with E-state index in [9.17, 15) is 9.59 Å². The maximum atomic E-state index is 10.8. The molecule has 0 aliphatic rings. The van der Waals surface area contributed by atoms with Crippen molar-refractivity contribution in [1.29, 1.82) is 0 Å². The Morgan fingerprint density at radius 3 is 2.57 bits per heavy atom. The van der Waals surface area contributed by atoms with Crippen molar-refractivity contribution in [1.82, 2.24) is 16.0 Å². The molecule has 0 bridgehead atoms. The molecule has 80 valence electrons. The minimum Gasteiger partial charge on any atom is -0.465 e. The summed E-state index contributed by atoms with van der Waals surface area (Å²) < 4.78 is 4.63. The zero-order chi connectivity index (χ0) is 11.0. The summed E-state index contributed by atoms with van der Waals surface area (Å²) in [6.45, 7) is 1.96. The van der Waals surface area contributed by atoms with Crippen LogP contribution in [0.4, 0.5) is 4.79 Å². The van der Waals surface area contributed by atoms with E-state index >= 15 is 0 Å². The lowest BCUT2D eigenvalue weighted by atomic mass is 10.6. The molecular formula is C7H13N3O3S. The molecule has 0 saturated heterocycles. The van der Waals surface area contributed by atoms with Crippen molar-refractivity contribution in [3.8, 4) is 0 Å². The number of nitrogens with one attached hydrogen (secondary N) is 3. The summed E-state index contributed by atoms with van der Waals surface area (Å²) in [7, 11) is 1.46. The highest BCUT2D eigenvalue weighted by Crippen LogP contribution is 1.75. The van der Waals surface area contributed by atoms with Crippen LogP contribution in [-0.2, 0) is 9.53 Å². The standard InChI is InChI=1S/C7H13N3O3S/c1-3-13-5(11)4-9-7(14)10-6(12)8-2/h3-4H2,1-2H3,(H3,8,9,10,12,14). The second-order valence-electron chi connectivity index (χ2n) is 2.19. The van der Waals surface area contributed by atoms with Crippen molar-refractivity contribution in [2.24, 2.45) is 0 Å². The van der Waals surface area contributed by atoms with Gasteiger partial charge in [0.05, 0.1) is 6.61 Å². The van der Waals surface area contributed by atoms with Crippen LogP contribution in [0.15, 0.2) is 0 Å². The second-order valence-corrected chi connectivity index (χ2v) is 2.60. The molecule has 0 spiro atoms. The first-order valence-electron chi connectivity index (χ1n) is 4.02. The molecule has 0 atom stereocenters. The molecule has 0 aromatic carbocycles. The summed E-state index contributed by atoms with van der Waals surface area (Å²) in [5, 5.41) is 7.20. The number of thiocarbonyl (C=S) groups is 1. The number of carbonyl (C=O) groups is 2. The van der Waals surface area contributed by atoms with Crippen LogP contribution in [0.25, 0.3) is 0 Å². The van der Waals surface area contributed by atoms with Gasteiger partial charge >= 0.3 is 12.0 Å². The van der Waals surface area contributed by atoms with Gasteiger partial charge in [0.1, 0.15) is 6.54 Å². The summed E-state index contributed by atoms with van der Waals surface area (Å²) in [5.74, 6) is -0.423. The fraction of sp³-hybridized carbons (Fsp3) is 0.571. The number of esters is 1. The van der Waals surface area contributed by atoms with Gasteiger partial charge in [-0.15, -0.1) is 0 Å². The van der Waals surface area contributed by atoms with Crippen LogP contribution in [0.5, 0.6) is 0 Å². The summed E-state index contributed by atoms with van der Waals surface area (Å²) in [6, 6.07) is -0.439. The SMILES string of the molecule is CCOC(=O)CNC(=S)NC(=O)NC. The number of rotatable bonds is 3. The highest BCUT2D eigenvalue weighted by atomic mass is 32.1. The highest BCUT2D eigenvalue weighted by molar-refractivity contribution is 7.80. The number of amides is 2. The maximum Gasteiger partial charge on any atom is 0.325 e. The van der Waals surface area contributed by atoms with Gasteiger partial charge in [0.15, 0.2) is 5.11 Å². The van der Waals surface area contributed by atoms with Gasteiger partial charge in [-0.2, -0.15) is 0 Å². The van der Waals surface area contributed by atoms with E-state index in [2.05, 4.69) is 20.7 Å². The first-order valence-corrected chi connectivity index (χ1v) is 4.43. The molecular weight excluding hydrogens is 206 g/mol. The molecule has 0 aliphatic heterocycles. The molecule has 0 radical (unpaired) electrons. The van der Waals surface area contributed by atoms with Crippen LogP contribution < -0.4 is 16.0 Å². The summed E-state index contributed by atoms with van der Waals surface area (Å²) in [4.78, 5) is 21.6. The molecule has 7 heteroatoms. The third-order valence-corrected chi connectivity index (χ3v) is 1.40. The van der Waals surface area contributed by atoms with Crippen LogP contribution in [0.1, 0.15) is 6.92 Å². The van der Waals surface area contributed by atoms with E-state index in [0.717, 1.165) is 0 Å². The van der Waals surface area contributed by atoms with Gasteiger partial charge in [0.25, 0.3) is 0 Å². The van der Waals surface area contributed by atoms with Crippen LogP contribution in [0.2, 0.25) is 0 Å². The fourth-order valence-corrected chi connectivity index (χ4v) is 0.739. The zero-order valence-corrected chi connectivity index (χ0v) is 8.86. The van der Waals surface area contributed by atoms with Crippen molar-refractivity contribution in [3.63, 3.8) is 0 Å². The summed E-state index contributed by atoms with van der Waals surface area (Å²) >= 11 is 4.71. The van der Waals surface area contributed by atoms with Crippen LogP contribution in [-0.4, -0.2) is 37.3 Å². The molecule has 6 nitrogen and oxygen atoms in total. The lowest BCUT2D eigenvalue weighted by Gasteiger charge is -2.07. The molecule has 3 N–H and O–H groups in total. The van der Waals surface area contributed by atoms with Crippen molar-refractivity contribution in [3.05, 3.63) is 0 Å². The second kappa shape index (κ2) is 7.07. The molecule has 0 unspecified atom stereocenters. The lowest BCUT2D eigenvalue weighted by molar-refractivity contribution is -0.141. The zero-order valence-electron chi connectivity index (χ0n) is 8.05. The third-order valence-electron chi connectivity index (χ3n) is 1.15. The van der Waals surface area contributed by atoms with E-state index in [1.807, 2.05) is 0 Å². The molecule has 2 amide bonds. The number of hydrogen-bond donors (Lipinski definition) is 3. The Labute approximate surface area is 87.4 Å². The quantitative estimate of drug-likeness (QED) is 0.434. The Kier molecular flexibility index (Phi) is 6.38. The lowest BCUT2D eigenvalue weighted by Crippen LogP contribution is -2.45. The topological polar surface area (TPSA) is 79.5 Å². The van der Waals surface area contributed by atoms with Gasteiger partial charge in [0, 0.05) is 7.05 Å². The number of hydrogen-bond acceptors (Lipinski definition) is 4. The fourth-order valence-electron chi connectivity index (χ4n) is 0.574. The van der Waals surface area contributed by atoms with E-state index in [-0.39, 0.29) is 11.7 Å². The Hall–Kier alpha value is -1.37. The molecule has 0 aromatic rings. The predicted octanol–water partition coefficient (Wildman–Crippen LogP) is -0.647. The van der Waals surface area contributed by atoms with E-state index < -0.39 is 12.0 Å². The van der Waals surface area contributed by atoms with Crippen molar-refractivity contribution in [2.75, 3.05) is 20.2 Å². The molecule has 14 heavy (non-hydrogen) atoms. The molecule has 0 heterocycles. The maximum absolute atomic E-state index is 10.8. The van der Waals surface area contributed by atoms with E-state index in [0.29, 0.717) is 6.61 Å². The van der Waals surface area contributed by atoms with E-state index in [1.54, 1.807) is 6.92 Å². The summed E-state index contributed by atoms with van der Waals surface area (Å²) in [6.07, 6.45) is 0. The molecule has 0 saturated carbocycles. The first kappa shape index (κ1) is 12.6. The van der Waals surface area contributed by atoms with Crippen molar-refractivity contribution >= 4 is 29.3 Å². The minimum absolute atomic E-state index is 0.0589. The largest absolute Gasteiger partial charge is 0.465 e. The van der Waals surface area contributed by atoms with Gasteiger partial charge in [-0.3, -0.25) is 10.1 Å². The molecule has 0 fully saturated rings. The number of urea groups is 1. The smallest absolute Gasteiger partial charge is 0.325 e. The Morgan fingerprint density at radius 1 is 1.43 bits per heavy atom. The molecule has 0 rings (SSSR count). The van der Waals surface area contributed by atoms with E-state index in [4.69, 9.17) is 12.2 Å². The van der Waals surface area contributed by atoms with Crippen molar-refractivity contribution < 1.29 is 14.3 Å². The monoisotopic (exact) mass is 219 g/mol. The van der Waals surface area contributed by atoms with Gasteiger partial charge in [0.2, 0.25) is 0 Å². The first-order chi connectivity index (χ1) is 6.60. The molecule has 0 aromatic heterocycles. The Morgan fingerprint density at radius 2 is 2.07 bits per heavy atom. The van der Waals surface area contributed by atoms with Crippen molar-refractivity contribution in [2.45, 2.75) is 6.92 Å². The third kappa shape index (κ3) is 6.18. The average molecular weight is 219 g/mol. The summed E-state index contributed by atoms with van der Waals surface area (Å²) in [5.41, 5.74) is 0.